The van der Waals surface area contributed by atoms with Crippen LogP contribution in [0.3, 0.4) is 0 Å². The first-order valence-electron chi connectivity index (χ1n) is 7.66. The van der Waals surface area contributed by atoms with Crippen molar-refractivity contribution in [3.63, 3.8) is 0 Å². The van der Waals surface area contributed by atoms with E-state index in [9.17, 15) is 9.59 Å². The molecule has 0 N–H and O–H groups in total. The Labute approximate surface area is 122 Å². The van der Waals surface area contributed by atoms with Crippen molar-refractivity contribution in [1.29, 1.82) is 0 Å². The highest BCUT2D eigenvalue weighted by atomic mass is 16.6. The van der Waals surface area contributed by atoms with Crippen LogP contribution in [0.2, 0.25) is 0 Å². The number of rotatable bonds is 12. The van der Waals surface area contributed by atoms with Crippen molar-refractivity contribution in [2.24, 2.45) is 0 Å². The van der Waals surface area contributed by atoms with Gasteiger partial charge in [-0.05, 0) is 12.8 Å². The Morgan fingerprint density at radius 3 is 1.50 bits per heavy atom. The molecule has 0 unspecified atom stereocenters. The first-order chi connectivity index (χ1) is 9.63. The van der Waals surface area contributed by atoms with E-state index in [1.807, 2.05) is 0 Å². The van der Waals surface area contributed by atoms with E-state index in [-0.39, 0.29) is 5.57 Å². The van der Waals surface area contributed by atoms with Gasteiger partial charge in [0.1, 0.15) is 5.57 Å². The van der Waals surface area contributed by atoms with E-state index in [2.05, 4.69) is 20.4 Å². The molecule has 0 aliphatic rings. The Kier molecular flexibility index (Phi) is 11.9. The molecule has 0 aromatic carbocycles. The van der Waals surface area contributed by atoms with E-state index < -0.39 is 11.9 Å². The third-order valence-corrected chi connectivity index (χ3v) is 2.95. The van der Waals surface area contributed by atoms with Gasteiger partial charge in [0.2, 0.25) is 0 Å². The summed E-state index contributed by atoms with van der Waals surface area (Å²) in [5, 5.41) is 0. The highest BCUT2D eigenvalue weighted by Gasteiger charge is 2.18. The van der Waals surface area contributed by atoms with Gasteiger partial charge in [-0.3, -0.25) is 0 Å². The first-order valence-corrected chi connectivity index (χ1v) is 7.66. The first kappa shape index (κ1) is 18.7. The molecule has 0 radical (unpaired) electrons. The van der Waals surface area contributed by atoms with Crippen LogP contribution in [-0.2, 0) is 19.1 Å². The number of unbranched alkanes of at least 4 members (excludes halogenated alkanes) is 6. The Bertz CT molecular complexity index is 269. The number of carbonyl (C=O) groups excluding carboxylic acids is 2. The number of esters is 2. The van der Waals surface area contributed by atoms with Crippen LogP contribution in [0.5, 0.6) is 0 Å². The number of carbonyl (C=O) groups is 2. The SMILES string of the molecule is C=C(C(=O)OCCCCCC)C(=O)OCCCCCC. The smallest absolute Gasteiger partial charge is 0.344 e. The molecule has 0 aromatic heterocycles. The summed E-state index contributed by atoms with van der Waals surface area (Å²) in [6.45, 7) is 8.34. The molecular formula is C16H28O4. The molecule has 116 valence electrons. The molecule has 0 bridgehead atoms. The van der Waals surface area contributed by atoms with Crippen molar-refractivity contribution in [3.05, 3.63) is 12.2 Å². The highest BCUT2D eigenvalue weighted by Crippen LogP contribution is 2.04. The Morgan fingerprint density at radius 1 is 0.750 bits per heavy atom. The van der Waals surface area contributed by atoms with E-state index in [0.29, 0.717) is 13.2 Å². The van der Waals surface area contributed by atoms with Gasteiger partial charge in [0.15, 0.2) is 0 Å². The molecule has 0 fully saturated rings. The summed E-state index contributed by atoms with van der Waals surface area (Å²) < 4.78 is 9.95. The summed E-state index contributed by atoms with van der Waals surface area (Å²) >= 11 is 0. The van der Waals surface area contributed by atoms with Gasteiger partial charge in [0, 0.05) is 0 Å². The van der Waals surface area contributed by atoms with E-state index >= 15 is 0 Å². The summed E-state index contributed by atoms with van der Waals surface area (Å²) in [4.78, 5) is 23.1. The van der Waals surface area contributed by atoms with Crippen molar-refractivity contribution in [3.8, 4) is 0 Å². The lowest BCUT2D eigenvalue weighted by Gasteiger charge is -2.07. The topological polar surface area (TPSA) is 52.6 Å². The van der Waals surface area contributed by atoms with Crippen molar-refractivity contribution >= 4 is 11.9 Å². The van der Waals surface area contributed by atoms with Crippen molar-refractivity contribution in [1.82, 2.24) is 0 Å². The molecule has 0 aromatic rings. The molecule has 4 nitrogen and oxygen atoms in total. The van der Waals surface area contributed by atoms with Crippen LogP contribution in [0.4, 0.5) is 0 Å². The fourth-order valence-corrected chi connectivity index (χ4v) is 1.64. The van der Waals surface area contributed by atoms with Crippen LogP contribution in [-0.4, -0.2) is 25.2 Å². The molecule has 0 rings (SSSR count). The standard InChI is InChI=1S/C16H28O4/c1-4-6-8-10-12-19-15(17)14(3)16(18)20-13-11-9-7-5-2/h3-13H2,1-2H3. The van der Waals surface area contributed by atoms with E-state index in [0.717, 1.165) is 51.4 Å². The van der Waals surface area contributed by atoms with E-state index in [1.165, 1.54) is 0 Å². The van der Waals surface area contributed by atoms with Crippen LogP contribution in [0, 0.1) is 0 Å². The van der Waals surface area contributed by atoms with Gasteiger partial charge < -0.3 is 9.47 Å². The third kappa shape index (κ3) is 9.59. The molecule has 4 heteroatoms. The molecule has 0 spiro atoms. The molecule has 0 saturated heterocycles. The predicted molar refractivity (Wildman–Crippen MR) is 79.3 cm³/mol. The molecule has 0 aliphatic heterocycles. The second kappa shape index (κ2) is 12.7. The van der Waals surface area contributed by atoms with Crippen LogP contribution >= 0.6 is 0 Å². The van der Waals surface area contributed by atoms with Crippen molar-refractivity contribution < 1.29 is 19.1 Å². The van der Waals surface area contributed by atoms with Gasteiger partial charge in [0.25, 0.3) is 0 Å². The van der Waals surface area contributed by atoms with Crippen LogP contribution in [0.1, 0.15) is 65.2 Å². The third-order valence-electron chi connectivity index (χ3n) is 2.95. The normalized spacial score (nSPS) is 10.1. The zero-order valence-corrected chi connectivity index (χ0v) is 12.9. The summed E-state index contributed by atoms with van der Waals surface area (Å²) in [7, 11) is 0. The second-order valence-electron chi connectivity index (χ2n) is 4.87. The quantitative estimate of drug-likeness (QED) is 0.180. The van der Waals surface area contributed by atoms with Gasteiger partial charge >= 0.3 is 11.9 Å². The molecule has 20 heavy (non-hydrogen) atoms. The van der Waals surface area contributed by atoms with Crippen LogP contribution in [0.25, 0.3) is 0 Å². The molecule has 0 aliphatic carbocycles. The summed E-state index contributed by atoms with van der Waals surface area (Å²) in [5.41, 5.74) is -0.212. The van der Waals surface area contributed by atoms with Gasteiger partial charge in [-0.15, -0.1) is 0 Å². The summed E-state index contributed by atoms with van der Waals surface area (Å²) in [6, 6.07) is 0. The molecule has 0 saturated carbocycles. The number of ether oxygens (including phenoxy) is 2. The Balaban J connectivity index is 3.70. The van der Waals surface area contributed by atoms with E-state index in [1.54, 1.807) is 0 Å². The van der Waals surface area contributed by atoms with Gasteiger partial charge in [-0.2, -0.15) is 0 Å². The number of hydrogen-bond acceptors (Lipinski definition) is 4. The van der Waals surface area contributed by atoms with Gasteiger partial charge in [-0.25, -0.2) is 9.59 Å². The minimum Gasteiger partial charge on any atom is -0.462 e. The lowest BCUT2D eigenvalue weighted by atomic mass is 10.2. The monoisotopic (exact) mass is 284 g/mol. The van der Waals surface area contributed by atoms with Gasteiger partial charge in [-0.1, -0.05) is 59.0 Å². The minimum atomic E-state index is -0.667. The molecule has 0 heterocycles. The zero-order chi connectivity index (χ0) is 15.2. The molecule has 0 amide bonds. The zero-order valence-electron chi connectivity index (χ0n) is 12.9. The van der Waals surface area contributed by atoms with Gasteiger partial charge in [0.05, 0.1) is 13.2 Å². The van der Waals surface area contributed by atoms with Crippen LogP contribution < -0.4 is 0 Å². The molecule has 0 atom stereocenters. The fraction of sp³-hybridized carbons (Fsp3) is 0.750. The second-order valence-corrected chi connectivity index (χ2v) is 4.87. The maximum absolute atomic E-state index is 11.5. The van der Waals surface area contributed by atoms with Crippen LogP contribution in [0.15, 0.2) is 12.2 Å². The van der Waals surface area contributed by atoms with Crippen molar-refractivity contribution in [2.75, 3.05) is 13.2 Å². The van der Waals surface area contributed by atoms with E-state index in [4.69, 9.17) is 9.47 Å². The Hall–Kier alpha value is -1.32. The minimum absolute atomic E-state index is 0.212. The summed E-state index contributed by atoms with van der Waals surface area (Å²) in [5.74, 6) is -1.33. The largest absolute Gasteiger partial charge is 0.462 e. The lowest BCUT2D eigenvalue weighted by Crippen LogP contribution is -2.18. The maximum atomic E-state index is 11.5. The average Bonchev–Trinajstić information content (AvgIpc) is 2.45. The number of hydrogen-bond donors (Lipinski definition) is 0. The predicted octanol–water partition coefficient (Wildman–Crippen LogP) is 3.79. The van der Waals surface area contributed by atoms with Crippen molar-refractivity contribution in [2.45, 2.75) is 65.2 Å². The molecular weight excluding hydrogens is 256 g/mol. The summed E-state index contributed by atoms with van der Waals surface area (Å²) in [6.07, 6.45) is 8.20. The fourth-order valence-electron chi connectivity index (χ4n) is 1.64. The average molecular weight is 284 g/mol. The maximum Gasteiger partial charge on any atom is 0.344 e. The highest BCUT2D eigenvalue weighted by molar-refractivity contribution is 6.13. The lowest BCUT2D eigenvalue weighted by molar-refractivity contribution is -0.147. The Morgan fingerprint density at radius 2 is 1.15 bits per heavy atom.